The number of thioether (sulfide) groups is 1. The summed E-state index contributed by atoms with van der Waals surface area (Å²) in [4.78, 5) is 12.1. The lowest BCUT2D eigenvalue weighted by Crippen LogP contribution is -2.24. The maximum atomic E-state index is 12.1. The zero-order valence-electron chi connectivity index (χ0n) is 17.0. The van der Waals surface area contributed by atoms with Crippen molar-refractivity contribution in [1.82, 2.24) is 20.1 Å². The first kappa shape index (κ1) is 21.7. The summed E-state index contributed by atoms with van der Waals surface area (Å²) >= 11 is 1.34. The zero-order chi connectivity index (χ0) is 21.2. The number of amides is 1. The van der Waals surface area contributed by atoms with E-state index < -0.39 is 0 Å². The fourth-order valence-electron chi connectivity index (χ4n) is 2.72. The molecule has 0 aliphatic rings. The van der Waals surface area contributed by atoms with Gasteiger partial charge in [0, 0.05) is 12.1 Å². The Bertz CT molecular complexity index is 936. The molecular formula is C22H26N4O3S. The van der Waals surface area contributed by atoms with Crippen molar-refractivity contribution in [3.8, 4) is 17.1 Å². The molecular weight excluding hydrogens is 400 g/mol. The van der Waals surface area contributed by atoms with Gasteiger partial charge < -0.3 is 14.5 Å². The predicted octanol–water partition coefficient (Wildman–Crippen LogP) is 4.31. The van der Waals surface area contributed by atoms with E-state index in [1.807, 2.05) is 34.9 Å². The summed E-state index contributed by atoms with van der Waals surface area (Å²) in [5.41, 5.74) is 0.932. The number of nitrogens with zero attached hydrogens (tertiary/aromatic N) is 3. The second-order valence-corrected chi connectivity index (χ2v) is 7.52. The van der Waals surface area contributed by atoms with E-state index in [0.29, 0.717) is 30.6 Å². The Hall–Kier alpha value is -3.00. The summed E-state index contributed by atoms with van der Waals surface area (Å²) in [6.45, 7) is 7.59. The molecule has 0 unspecified atom stereocenters. The van der Waals surface area contributed by atoms with Crippen molar-refractivity contribution in [3.63, 3.8) is 0 Å². The smallest absolute Gasteiger partial charge is 0.230 e. The van der Waals surface area contributed by atoms with Crippen molar-refractivity contribution in [2.75, 3.05) is 12.4 Å². The van der Waals surface area contributed by atoms with Crippen LogP contribution in [0.5, 0.6) is 5.75 Å². The molecule has 3 rings (SSSR count). The van der Waals surface area contributed by atoms with Gasteiger partial charge in [0.2, 0.25) is 5.91 Å². The van der Waals surface area contributed by atoms with Gasteiger partial charge in [0.1, 0.15) is 11.5 Å². The Kier molecular flexibility index (Phi) is 8.14. The van der Waals surface area contributed by atoms with Gasteiger partial charge in [0.25, 0.3) is 0 Å². The lowest BCUT2D eigenvalue weighted by molar-refractivity contribution is -0.118. The summed E-state index contributed by atoms with van der Waals surface area (Å²) in [7, 11) is 0. The number of rotatable bonds is 12. The fourth-order valence-corrected chi connectivity index (χ4v) is 3.49. The molecule has 0 aliphatic carbocycles. The topological polar surface area (TPSA) is 82.2 Å². The number of hydrogen-bond donors (Lipinski definition) is 1. The molecule has 7 nitrogen and oxygen atoms in total. The molecule has 1 N–H and O–H groups in total. The molecule has 0 bridgehead atoms. The quantitative estimate of drug-likeness (QED) is 0.264. The van der Waals surface area contributed by atoms with E-state index in [1.54, 1.807) is 18.4 Å². The van der Waals surface area contributed by atoms with Crippen molar-refractivity contribution < 1.29 is 13.9 Å². The molecule has 0 aliphatic heterocycles. The third-order valence-corrected chi connectivity index (χ3v) is 5.25. The van der Waals surface area contributed by atoms with Gasteiger partial charge in [0.05, 0.1) is 25.2 Å². The van der Waals surface area contributed by atoms with Crippen molar-refractivity contribution in [2.45, 2.75) is 38.0 Å². The molecule has 158 valence electrons. The third kappa shape index (κ3) is 6.00. The second-order valence-electron chi connectivity index (χ2n) is 6.58. The average molecular weight is 427 g/mol. The number of nitrogens with one attached hydrogen (secondary N) is 1. The van der Waals surface area contributed by atoms with E-state index in [2.05, 4.69) is 29.0 Å². The molecule has 1 aromatic carbocycles. The van der Waals surface area contributed by atoms with Crippen molar-refractivity contribution >= 4 is 17.7 Å². The molecule has 8 heteroatoms. The maximum absolute atomic E-state index is 12.1. The predicted molar refractivity (Wildman–Crippen MR) is 117 cm³/mol. The zero-order valence-corrected chi connectivity index (χ0v) is 17.9. The van der Waals surface area contributed by atoms with Crippen LogP contribution in [0.2, 0.25) is 0 Å². The van der Waals surface area contributed by atoms with Gasteiger partial charge in [-0.25, -0.2) is 0 Å². The first-order chi connectivity index (χ1) is 14.7. The number of furan rings is 1. The van der Waals surface area contributed by atoms with Crippen LogP contribution in [0.1, 0.15) is 25.5 Å². The van der Waals surface area contributed by atoms with Crippen LogP contribution >= 0.6 is 11.8 Å². The van der Waals surface area contributed by atoms with Crippen molar-refractivity contribution in [2.24, 2.45) is 0 Å². The van der Waals surface area contributed by atoms with E-state index in [0.717, 1.165) is 30.0 Å². The molecule has 1 amide bonds. The van der Waals surface area contributed by atoms with Crippen LogP contribution in [0.3, 0.4) is 0 Å². The molecule has 0 spiro atoms. The molecule has 0 saturated heterocycles. The summed E-state index contributed by atoms with van der Waals surface area (Å²) in [5, 5.41) is 12.1. The van der Waals surface area contributed by atoms with Gasteiger partial charge >= 0.3 is 0 Å². The number of carbonyl (C=O) groups is 1. The van der Waals surface area contributed by atoms with Gasteiger partial charge in [-0.05, 0) is 42.8 Å². The first-order valence-electron chi connectivity index (χ1n) is 9.90. The Morgan fingerprint density at radius 3 is 2.83 bits per heavy atom. The Morgan fingerprint density at radius 2 is 2.13 bits per heavy atom. The van der Waals surface area contributed by atoms with E-state index >= 15 is 0 Å². The van der Waals surface area contributed by atoms with Crippen molar-refractivity contribution in [3.05, 3.63) is 61.1 Å². The van der Waals surface area contributed by atoms with Gasteiger partial charge in [-0.2, -0.15) is 0 Å². The fraction of sp³-hybridized carbons (Fsp3) is 0.318. The van der Waals surface area contributed by atoms with E-state index in [1.165, 1.54) is 11.8 Å². The molecule has 0 radical (unpaired) electrons. The minimum Gasteiger partial charge on any atom is -0.494 e. The monoisotopic (exact) mass is 426 g/mol. The molecule has 2 heterocycles. The van der Waals surface area contributed by atoms with Crippen molar-refractivity contribution in [1.29, 1.82) is 0 Å². The van der Waals surface area contributed by atoms with E-state index in [4.69, 9.17) is 9.15 Å². The molecule has 3 aromatic rings. The van der Waals surface area contributed by atoms with Gasteiger partial charge in [-0.3, -0.25) is 9.36 Å². The minimum atomic E-state index is -0.0975. The number of aromatic nitrogens is 3. The molecule has 0 atom stereocenters. The summed E-state index contributed by atoms with van der Waals surface area (Å²) in [6.07, 6.45) is 5.50. The van der Waals surface area contributed by atoms with Gasteiger partial charge in [-0.1, -0.05) is 31.2 Å². The number of ether oxygens (including phenoxy) is 1. The lowest BCUT2D eigenvalue weighted by atomic mass is 10.2. The maximum Gasteiger partial charge on any atom is 0.230 e. The van der Waals surface area contributed by atoms with E-state index in [9.17, 15) is 4.79 Å². The highest BCUT2D eigenvalue weighted by molar-refractivity contribution is 7.99. The molecule has 2 aromatic heterocycles. The minimum absolute atomic E-state index is 0.0975. The highest BCUT2D eigenvalue weighted by Gasteiger charge is 2.15. The normalized spacial score (nSPS) is 10.7. The number of carbonyl (C=O) groups excluding carboxylic acids is 1. The molecule has 0 fully saturated rings. The van der Waals surface area contributed by atoms with E-state index in [-0.39, 0.29) is 11.7 Å². The first-order valence-corrected chi connectivity index (χ1v) is 10.9. The van der Waals surface area contributed by atoms with Crippen LogP contribution in [-0.4, -0.2) is 33.0 Å². The third-order valence-electron chi connectivity index (χ3n) is 4.28. The van der Waals surface area contributed by atoms with Crippen LogP contribution in [0.15, 0.2) is 64.9 Å². The SMILES string of the molecule is C=CCn1c(SCC(=O)NCc2ccco2)nnc1-c1ccc(OCCCC)cc1. The number of unbranched alkanes of at least 4 members (excludes halogenated alkanes) is 1. The van der Waals surface area contributed by atoms with Crippen LogP contribution in [0, 0.1) is 0 Å². The number of allylic oxidation sites excluding steroid dienone is 1. The molecule has 0 saturated carbocycles. The molecule has 30 heavy (non-hydrogen) atoms. The summed E-state index contributed by atoms with van der Waals surface area (Å²) < 4.78 is 12.9. The largest absolute Gasteiger partial charge is 0.494 e. The Morgan fingerprint density at radius 1 is 1.30 bits per heavy atom. The highest BCUT2D eigenvalue weighted by atomic mass is 32.2. The Balaban J connectivity index is 1.62. The highest BCUT2D eigenvalue weighted by Crippen LogP contribution is 2.26. The standard InChI is InChI=1S/C22H26N4O3S/c1-3-5-13-28-18-10-8-17(9-11-18)21-24-25-22(26(21)12-4-2)30-16-20(27)23-15-19-7-6-14-29-19/h4,6-11,14H,2-3,5,12-13,15-16H2,1H3,(H,23,27). The van der Waals surface area contributed by atoms with Crippen LogP contribution < -0.4 is 10.1 Å². The van der Waals surface area contributed by atoms with Gasteiger partial charge in [0.15, 0.2) is 11.0 Å². The summed E-state index contributed by atoms with van der Waals surface area (Å²) in [5.74, 6) is 2.42. The average Bonchev–Trinajstić information content (AvgIpc) is 3.42. The summed E-state index contributed by atoms with van der Waals surface area (Å²) in [6, 6.07) is 11.4. The van der Waals surface area contributed by atoms with Crippen LogP contribution in [-0.2, 0) is 17.9 Å². The van der Waals surface area contributed by atoms with Crippen LogP contribution in [0.4, 0.5) is 0 Å². The van der Waals surface area contributed by atoms with Gasteiger partial charge in [-0.15, -0.1) is 16.8 Å². The van der Waals surface area contributed by atoms with Crippen LogP contribution in [0.25, 0.3) is 11.4 Å². The Labute approximate surface area is 180 Å². The second kappa shape index (κ2) is 11.3. The number of hydrogen-bond acceptors (Lipinski definition) is 6. The number of benzene rings is 1. The lowest BCUT2D eigenvalue weighted by Gasteiger charge is -2.09.